The second-order valence-corrected chi connectivity index (χ2v) is 2.51. The lowest BCUT2D eigenvalue weighted by Crippen LogP contribution is -2.32. The molecule has 0 rings (SSSR count). The molecule has 0 amide bonds. The fourth-order valence-corrected chi connectivity index (χ4v) is 0.737. The van der Waals surface area contributed by atoms with Gasteiger partial charge < -0.3 is 15.9 Å². The Kier molecular flexibility index (Phi) is 5.71. The lowest BCUT2D eigenvalue weighted by molar-refractivity contribution is -0.144. The van der Waals surface area contributed by atoms with Crippen LogP contribution in [0.5, 0.6) is 0 Å². The molecule has 0 aliphatic rings. The van der Waals surface area contributed by atoms with Crippen LogP contribution < -0.4 is 5.73 Å². The quantitative estimate of drug-likeness (QED) is 0.446. The van der Waals surface area contributed by atoms with Gasteiger partial charge in [0.25, 0.3) is 0 Å². The summed E-state index contributed by atoms with van der Waals surface area (Å²) in [6.07, 6.45) is 1.06. The fraction of sp³-hybridized carbons (Fsp3) is 0.625. The Labute approximate surface area is 76.8 Å². The van der Waals surface area contributed by atoms with E-state index < -0.39 is 12.0 Å². The van der Waals surface area contributed by atoms with Crippen molar-refractivity contribution < 1.29 is 14.3 Å². The minimum Gasteiger partial charge on any atom is -0.465 e. The minimum absolute atomic E-state index is 0.115. The average Bonchev–Trinajstić information content (AvgIpc) is 2.13. The molecule has 5 heteroatoms. The number of hydrogen-bond acceptors (Lipinski definition) is 5. The van der Waals surface area contributed by atoms with Crippen LogP contribution in [0.2, 0.25) is 0 Å². The van der Waals surface area contributed by atoms with E-state index in [-0.39, 0.29) is 25.2 Å². The molecule has 0 fully saturated rings. The second kappa shape index (κ2) is 6.30. The highest BCUT2D eigenvalue weighted by Gasteiger charge is 2.14. The maximum atomic E-state index is 10.9. The molecule has 13 heavy (non-hydrogen) atoms. The highest BCUT2D eigenvalue weighted by atomic mass is 16.5. The largest absolute Gasteiger partial charge is 0.465 e. The van der Waals surface area contributed by atoms with E-state index in [0.717, 1.165) is 6.21 Å². The van der Waals surface area contributed by atoms with E-state index in [0.29, 0.717) is 0 Å². The lowest BCUT2D eigenvalue weighted by Gasteiger charge is -2.08. The maximum Gasteiger partial charge on any atom is 0.322 e. The highest BCUT2D eigenvalue weighted by molar-refractivity contribution is 6.26. The Morgan fingerprint density at radius 2 is 2.23 bits per heavy atom. The molecular weight excluding hydrogens is 172 g/mol. The van der Waals surface area contributed by atoms with Crippen LogP contribution in [0.15, 0.2) is 0 Å². The average molecular weight is 186 g/mol. The van der Waals surface area contributed by atoms with Gasteiger partial charge in [0, 0.05) is 6.42 Å². The smallest absolute Gasteiger partial charge is 0.322 e. The van der Waals surface area contributed by atoms with E-state index in [9.17, 15) is 9.59 Å². The number of carbonyl (C=O) groups is 2. The Morgan fingerprint density at radius 1 is 1.62 bits per heavy atom. The zero-order chi connectivity index (χ0) is 10.3. The van der Waals surface area contributed by atoms with Crippen molar-refractivity contribution in [3.63, 3.8) is 0 Å². The molecule has 1 atom stereocenters. The first-order valence-electron chi connectivity index (χ1n) is 4.07. The number of hydrogen-bond donors (Lipinski definition) is 2. The third-order valence-corrected chi connectivity index (χ3v) is 1.45. The van der Waals surface area contributed by atoms with Crippen molar-refractivity contribution in [2.75, 3.05) is 6.61 Å². The highest BCUT2D eigenvalue weighted by Crippen LogP contribution is 1.97. The van der Waals surface area contributed by atoms with E-state index in [1.165, 1.54) is 0 Å². The predicted molar refractivity (Wildman–Crippen MR) is 47.6 cm³/mol. The number of ether oxygens (including phenoxy) is 1. The normalized spacial score (nSPS) is 11.8. The Hall–Kier alpha value is -1.23. The Balaban J connectivity index is 3.73. The van der Waals surface area contributed by atoms with Gasteiger partial charge in [-0.3, -0.25) is 9.59 Å². The van der Waals surface area contributed by atoms with Crippen molar-refractivity contribution in [3.05, 3.63) is 0 Å². The molecule has 0 aromatic carbocycles. The van der Waals surface area contributed by atoms with Crippen LogP contribution >= 0.6 is 0 Å². The van der Waals surface area contributed by atoms with Gasteiger partial charge in [-0.25, -0.2) is 0 Å². The van der Waals surface area contributed by atoms with Crippen LogP contribution in [0.25, 0.3) is 0 Å². The fourth-order valence-electron chi connectivity index (χ4n) is 0.737. The molecule has 74 valence electrons. The summed E-state index contributed by atoms with van der Waals surface area (Å²) >= 11 is 0. The van der Waals surface area contributed by atoms with Crippen molar-refractivity contribution in [2.24, 2.45) is 5.73 Å². The Morgan fingerprint density at radius 3 is 2.69 bits per heavy atom. The summed E-state index contributed by atoms with van der Waals surface area (Å²) in [6, 6.07) is -0.760. The second-order valence-electron chi connectivity index (χ2n) is 2.51. The zero-order valence-corrected chi connectivity index (χ0v) is 7.58. The molecule has 0 aliphatic heterocycles. The number of Topliss-reactive ketones (excluding diaryl/α,β-unsaturated/α-hetero) is 1. The van der Waals surface area contributed by atoms with Crippen LogP contribution in [0.1, 0.15) is 19.8 Å². The maximum absolute atomic E-state index is 10.9. The van der Waals surface area contributed by atoms with Crippen molar-refractivity contribution in [1.29, 1.82) is 5.41 Å². The predicted octanol–water partition coefficient (Wildman–Crippen LogP) is -0.124. The SMILES string of the molecule is CCOC(=O)[C@@H](N)CCC(=O)C=N. The van der Waals surface area contributed by atoms with Crippen molar-refractivity contribution in [1.82, 2.24) is 0 Å². The van der Waals surface area contributed by atoms with Crippen molar-refractivity contribution in [3.8, 4) is 0 Å². The molecule has 0 aromatic rings. The van der Waals surface area contributed by atoms with Crippen LogP contribution in [-0.4, -0.2) is 30.6 Å². The molecule has 3 N–H and O–H groups in total. The number of rotatable bonds is 6. The third-order valence-electron chi connectivity index (χ3n) is 1.45. The minimum atomic E-state index is -0.760. The first-order valence-corrected chi connectivity index (χ1v) is 4.07. The molecule has 0 unspecified atom stereocenters. The van der Waals surface area contributed by atoms with E-state index in [2.05, 4.69) is 4.74 Å². The van der Waals surface area contributed by atoms with Crippen molar-refractivity contribution >= 4 is 18.0 Å². The number of nitrogens with two attached hydrogens (primary N) is 1. The van der Waals surface area contributed by atoms with Crippen LogP contribution in [0.3, 0.4) is 0 Å². The summed E-state index contributed by atoms with van der Waals surface area (Å²) in [6.45, 7) is 1.97. The van der Waals surface area contributed by atoms with Gasteiger partial charge in [-0.05, 0) is 13.3 Å². The van der Waals surface area contributed by atoms with E-state index in [4.69, 9.17) is 11.1 Å². The van der Waals surface area contributed by atoms with E-state index >= 15 is 0 Å². The molecule has 0 aliphatic carbocycles. The van der Waals surface area contributed by atoms with Gasteiger partial charge in [0.15, 0.2) is 5.78 Å². The van der Waals surface area contributed by atoms with Gasteiger partial charge in [0.2, 0.25) is 0 Å². The van der Waals surface area contributed by atoms with Crippen LogP contribution in [-0.2, 0) is 14.3 Å². The van der Waals surface area contributed by atoms with Crippen LogP contribution in [0.4, 0.5) is 0 Å². The van der Waals surface area contributed by atoms with E-state index in [1.807, 2.05) is 0 Å². The van der Waals surface area contributed by atoms with Crippen molar-refractivity contribution in [2.45, 2.75) is 25.8 Å². The molecule has 0 radical (unpaired) electrons. The summed E-state index contributed by atoms with van der Waals surface area (Å²) in [5.74, 6) is -0.833. The van der Waals surface area contributed by atoms with Gasteiger partial charge >= 0.3 is 5.97 Å². The monoisotopic (exact) mass is 186 g/mol. The number of esters is 1. The zero-order valence-electron chi connectivity index (χ0n) is 7.58. The van der Waals surface area contributed by atoms with Crippen LogP contribution in [0, 0.1) is 5.41 Å². The number of nitrogens with one attached hydrogen (secondary N) is 1. The summed E-state index contributed by atoms with van der Waals surface area (Å²) < 4.78 is 4.64. The Bertz CT molecular complexity index is 204. The van der Waals surface area contributed by atoms with E-state index in [1.54, 1.807) is 6.92 Å². The molecule has 0 spiro atoms. The lowest BCUT2D eigenvalue weighted by atomic mass is 10.1. The standard InChI is InChI=1S/C8H14N2O3/c1-2-13-8(12)7(10)4-3-6(11)5-9/h5,7,9H,2-4,10H2,1H3/t7-/m0/s1. The van der Waals surface area contributed by atoms with Gasteiger partial charge in [-0.15, -0.1) is 0 Å². The first-order chi connectivity index (χ1) is 6.11. The number of carbonyl (C=O) groups excluding carboxylic acids is 2. The van der Waals surface area contributed by atoms with Gasteiger partial charge in [0.1, 0.15) is 6.04 Å². The van der Waals surface area contributed by atoms with Gasteiger partial charge in [-0.1, -0.05) is 0 Å². The number of ketones is 1. The summed E-state index contributed by atoms with van der Waals surface area (Å²) in [5.41, 5.74) is 5.40. The van der Waals surface area contributed by atoms with Gasteiger partial charge in [-0.2, -0.15) is 0 Å². The molecular formula is C8H14N2O3. The molecule has 0 bridgehead atoms. The van der Waals surface area contributed by atoms with Gasteiger partial charge in [0.05, 0.1) is 12.8 Å². The molecule has 0 aromatic heterocycles. The summed E-state index contributed by atoms with van der Waals surface area (Å²) in [4.78, 5) is 21.6. The summed E-state index contributed by atoms with van der Waals surface area (Å²) in [5, 5.41) is 6.61. The molecule has 5 nitrogen and oxygen atoms in total. The third kappa shape index (κ3) is 5.08. The molecule has 0 saturated heterocycles. The topological polar surface area (TPSA) is 93.2 Å². The first kappa shape index (κ1) is 11.8. The molecule has 0 heterocycles. The summed E-state index contributed by atoms with van der Waals surface area (Å²) in [7, 11) is 0. The molecule has 0 saturated carbocycles.